The largest absolute Gasteiger partial charge is 0.493 e. The number of benzene rings is 3. The molecule has 0 saturated carbocycles. The highest BCUT2D eigenvalue weighted by molar-refractivity contribution is 5.86. The van der Waals surface area contributed by atoms with Crippen molar-refractivity contribution in [3.05, 3.63) is 71.8 Å². The number of ether oxygens (including phenoxy) is 2. The smallest absolute Gasteiger partial charge is 0.161 e. The maximum Gasteiger partial charge on any atom is 0.161 e. The van der Waals surface area contributed by atoms with Crippen LogP contribution in [0.1, 0.15) is 36.9 Å². The molecule has 0 aliphatic heterocycles. The van der Waals surface area contributed by atoms with Gasteiger partial charge in [-0.15, -0.1) is 0 Å². The zero-order valence-corrected chi connectivity index (χ0v) is 16.4. The molecule has 144 valence electrons. The van der Waals surface area contributed by atoms with Gasteiger partial charge in [-0.2, -0.15) is 5.26 Å². The molecule has 4 heteroatoms. The van der Waals surface area contributed by atoms with Crippen molar-refractivity contribution in [2.24, 2.45) is 0 Å². The average molecular weight is 374 g/mol. The van der Waals surface area contributed by atoms with Crippen LogP contribution in [0.15, 0.2) is 60.7 Å². The van der Waals surface area contributed by atoms with Crippen LogP contribution < -0.4 is 14.8 Å². The van der Waals surface area contributed by atoms with Gasteiger partial charge in [0, 0.05) is 19.0 Å². The van der Waals surface area contributed by atoms with Crippen LogP contribution in [-0.2, 0) is 6.54 Å². The summed E-state index contributed by atoms with van der Waals surface area (Å²) in [6, 6.07) is 23.2. The van der Waals surface area contributed by atoms with Gasteiger partial charge in [0.2, 0.25) is 0 Å². The van der Waals surface area contributed by atoms with E-state index < -0.39 is 0 Å². The van der Waals surface area contributed by atoms with E-state index in [1.54, 1.807) is 7.11 Å². The Morgan fingerprint density at radius 2 is 1.86 bits per heavy atom. The molecule has 0 amide bonds. The summed E-state index contributed by atoms with van der Waals surface area (Å²) in [5.74, 6) is 1.43. The maximum atomic E-state index is 8.65. The van der Waals surface area contributed by atoms with Crippen molar-refractivity contribution in [1.82, 2.24) is 5.32 Å². The van der Waals surface area contributed by atoms with Gasteiger partial charge in [0.25, 0.3) is 0 Å². The Bertz CT molecular complexity index is 957. The van der Waals surface area contributed by atoms with Crippen molar-refractivity contribution in [3.8, 4) is 17.6 Å². The topological polar surface area (TPSA) is 54.3 Å². The Labute approximate surface area is 166 Å². The number of nitriles is 1. The minimum atomic E-state index is 0.216. The van der Waals surface area contributed by atoms with Gasteiger partial charge in [-0.3, -0.25) is 0 Å². The molecular weight excluding hydrogens is 348 g/mol. The van der Waals surface area contributed by atoms with Crippen molar-refractivity contribution in [1.29, 1.82) is 5.26 Å². The number of rotatable bonds is 9. The molecule has 0 aliphatic rings. The van der Waals surface area contributed by atoms with Crippen LogP contribution >= 0.6 is 0 Å². The van der Waals surface area contributed by atoms with Crippen molar-refractivity contribution in [2.45, 2.75) is 32.4 Å². The van der Waals surface area contributed by atoms with Crippen LogP contribution in [0.25, 0.3) is 10.8 Å². The van der Waals surface area contributed by atoms with E-state index in [4.69, 9.17) is 14.7 Å². The molecule has 0 bridgehead atoms. The number of fused-ring (bicyclic) bond motifs is 1. The first-order valence-corrected chi connectivity index (χ1v) is 9.60. The lowest BCUT2D eigenvalue weighted by atomic mass is 9.99. The van der Waals surface area contributed by atoms with Crippen LogP contribution in [0, 0.1) is 11.3 Å². The van der Waals surface area contributed by atoms with E-state index >= 15 is 0 Å². The molecule has 1 unspecified atom stereocenters. The van der Waals surface area contributed by atoms with E-state index in [0.29, 0.717) is 25.2 Å². The highest BCUT2D eigenvalue weighted by atomic mass is 16.5. The first-order valence-electron chi connectivity index (χ1n) is 9.60. The average Bonchev–Trinajstić information content (AvgIpc) is 2.74. The summed E-state index contributed by atoms with van der Waals surface area (Å²) in [6.45, 7) is 3.42. The number of methoxy groups -OCH3 is 1. The molecule has 0 spiro atoms. The number of hydrogen-bond acceptors (Lipinski definition) is 4. The van der Waals surface area contributed by atoms with Crippen LogP contribution in [0.4, 0.5) is 0 Å². The zero-order valence-electron chi connectivity index (χ0n) is 16.4. The fourth-order valence-corrected chi connectivity index (χ4v) is 3.29. The van der Waals surface area contributed by atoms with Gasteiger partial charge in [0.15, 0.2) is 11.5 Å². The standard InChI is InChI=1S/C24H26N2O2/c1-18(21-11-7-9-20-8-3-4-10-22(20)21)26-17-19-12-13-23(27-2)24(16-19)28-15-6-5-14-25/h3-4,7-13,16,18,26H,5-6,15,17H2,1-2H3. The van der Waals surface area contributed by atoms with Gasteiger partial charge >= 0.3 is 0 Å². The van der Waals surface area contributed by atoms with Crippen molar-refractivity contribution in [3.63, 3.8) is 0 Å². The maximum absolute atomic E-state index is 8.65. The van der Waals surface area contributed by atoms with E-state index in [1.165, 1.54) is 16.3 Å². The molecule has 0 saturated heterocycles. The lowest BCUT2D eigenvalue weighted by Gasteiger charge is -2.18. The Hall–Kier alpha value is -3.03. The Morgan fingerprint density at radius 1 is 1.04 bits per heavy atom. The summed E-state index contributed by atoms with van der Waals surface area (Å²) in [5.41, 5.74) is 2.42. The molecule has 0 radical (unpaired) electrons. The van der Waals surface area contributed by atoms with Crippen molar-refractivity contribution >= 4 is 10.8 Å². The summed E-state index contributed by atoms with van der Waals surface area (Å²) in [5, 5.41) is 14.8. The SMILES string of the molecule is COc1ccc(CNC(C)c2cccc3ccccc23)cc1OCCCC#N. The fraction of sp³-hybridized carbons (Fsp3) is 0.292. The van der Waals surface area contributed by atoms with Crippen LogP contribution in [0.3, 0.4) is 0 Å². The van der Waals surface area contributed by atoms with E-state index in [2.05, 4.69) is 60.8 Å². The number of unbranched alkanes of at least 4 members (excludes halogenated alkanes) is 1. The summed E-state index contributed by atoms with van der Waals surface area (Å²) in [6.07, 6.45) is 1.20. The van der Waals surface area contributed by atoms with Crippen LogP contribution in [0.2, 0.25) is 0 Å². The number of hydrogen-bond donors (Lipinski definition) is 1. The van der Waals surface area contributed by atoms with E-state index in [1.807, 2.05) is 18.2 Å². The summed E-state index contributed by atoms with van der Waals surface area (Å²) in [7, 11) is 1.64. The van der Waals surface area contributed by atoms with Gasteiger partial charge in [-0.25, -0.2) is 0 Å². The van der Waals surface area contributed by atoms with Crippen LogP contribution in [0.5, 0.6) is 11.5 Å². The van der Waals surface area contributed by atoms with Crippen LogP contribution in [-0.4, -0.2) is 13.7 Å². The Kier molecular flexibility index (Phi) is 6.89. The van der Waals surface area contributed by atoms with Gasteiger partial charge in [0.05, 0.1) is 19.8 Å². The summed E-state index contributed by atoms with van der Waals surface area (Å²) in [4.78, 5) is 0. The highest BCUT2D eigenvalue weighted by Gasteiger charge is 2.10. The predicted octanol–water partition coefficient (Wildman–Crippen LogP) is 5.38. The van der Waals surface area contributed by atoms with Gasteiger partial charge in [0.1, 0.15) is 0 Å². The monoisotopic (exact) mass is 374 g/mol. The molecule has 1 N–H and O–H groups in total. The van der Waals surface area contributed by atoms with E-state index in [9.17, 15) is 0 Å². The minimum absolute atomic E-state index is 0.216. The molecule has 0 heterocycles. The molecule has 0 aromatic heterocycles. The quantitative estimate of drug-likeness (QED) is 0.511. The lowest BCUT2D eigenvalue weighted by molar-refractivity contribution is 0.290. The van der Waals surface area contributed by atoms with Gasteiger partial charge in [-0.1, -0.05) is 48.5 Å². The fourth-order valence-electron chi connectivity index (χ4n) is 3.29. The molecule has 4 nitrogen and oxygen atoms in total. The second kappa shape index (κ2) is 9.77. The van der Waals surface area contributed by atoms with Crippen molar-refractivity contribution in [2.75, 3.05) is 13.7 Å². The Morgan fingerprint density at radius 3 is 2.68 bits per heavy atom. The normalized spacial score (nSPS) is 11.8. The molecule has 1 atom stereocenters. The lowest BCUT2D eigenvalue weighted by Crippen LogP contribution is -2.18. The third-order valence-electron chi connectivity index (χ3n) is 4.82. The van der Waals surface area contributed by atoms with Gasteiger partial charge < -0.3 is 14.8 Å². The Balaban J connectivity index is 1.68. The highest BCUT2D eigenvalue weighted by Crippen LogP contribution is 2.29. The molecule has 3 aromatic carbocycles. The third-order valence-corrected chi connectivity index (χ3v) is 4.82. The van der Waals surface area contributed by atoms with Gasteiger partial charge in [-0.05, 0) is 47.4 Å². The summed E-state index contributed by atoms with van der Waals surface area (Å²) >= 11 is 0. The third kappa shape index (κ3) is 4.82. The number of nitrogens with zero attached hydrogens (tertiary/aromatic N) is 1. The molecule has 0 aliphatic carbocycles. The number of nitrogens with one attached hydrogen (secondary N) is 1. The molecule has 3 aromatic rings. The molecular formula is C24H26N2O2. The molecule has 3 rings (SSSR count). The first-order chi connectivity index (χ1) is 13.7. The first kappa shape index (κ1) is 19.7. The summed E-state index contributed by atoms with van der Waals surface area (Å²) < 4.78 is 11.2. The second-order valence-corrected chi connectivity index (χ2v) is 6.77. The molecule has 0 fully saturated rings. The zero-order chi connectivity index (χ0) is 19.8. The second-order valence-electron chi connectivity index (χ2n) is 6.77. The van der Waals surface area contributed by atoms with E-state index in [-0.39, 0.29) is 6.04 Å². The van der Waals surface area contributed by atoms with Crippen molar-refractivity contribution < 1.29 is 9.47 Å². The predicted molar refractivity (Wildman–Crippen MR) is 113 cm³/mol. The van der Waals surface area contributed by atoms with E-state index in [0.717, 1.165) is 17.9 Å². The molecule has 28 heavy (non-hydrogen) atoms. The minimum Gasteiger partial charge on any atom is -0.493 e.